The van der Waals surface area contributed by atoms with Crippen LogP contribution in [0.15, 0.2) is 11.6 Å². The van der Waals surface area contributed by atoms with E-state index in [0.29, 0.717) is 11.7 Å². The number of carbonyl (C=O) groups excluding carboxylic acids is 2. The highest BCUT2D eigenvalue weighted by molar-refractivity contribution is 5.95. The van der Waals surface area contributed by atoms with E-state index >= 15 is 0 Å². The van der Waals surface area contributed by atoms with E-state index in [4.69, 9.17) is 14.2 Å². The first-order valence-corrected chi connectivity index (χ1v) is 19.3. The van der Waals surface area contributed by atoms with Crippen molar-refractivity contribution in [1.29, 1.82) is 0 Å². The van der Waals surface area contributed by atoms with E-state index in [0.717, 1.165) is 77.0 Å². The summed E-state index contributed by atoms with van der Waals surface area (Å²) in [6.07, 6.45) is 13.9. The molecule has 8 rings (SSSR count). The van der Waals surface area contributed by atoms with Crippen LogP contribution in [-0.2, 0) is 28.6 Å². The van der Waals surface area contributed by atoms with Crippen LogP contribution in [-0.4, -0.2) is 54.4 Å². The lowest BCUT2D eigenvalue weighted by atomic mass is 9.33. The SMILES string of the molecule is COC(=O)C1(C)CCC2(C)CCC3(C)C(=CC(=O)C4C5(C)CCC(OC6CC6C6C(C(=O)O)C7CC[C@H]6O7)C(C)(C)C5CCC43C)[C@H]2C1. The van der Waals surface area contributed by atoms with Gasteiger partial charge in [-0.15, -0.1) is 0 Å². The lowest BCUT2D eigenvalue weighted by Gasteiger charge is -2.70. The fourth-order valence-corrected chi connectivity index (χ4v) is 14.4. The van der Waals surface area contributed by atoms with Crippen molar-refractivity contribution in [2.45, 2.75) is 150 Å². The van der Waals surface area contributed by atoms with Crippen LogP contribution in [0, 0.1) is 68.0 Å². The second-order valence-corrected chi connectivity index (χ2v) is 19.9. The molecule has 15 atom stereocenters. The molecule has 0 spiro atoms. The molecule has 0 radical (unpaired) electrons. The van der Waals surface area contributed by atoms with Gasteiger partial charge in [0.05, 0.1) is 42.9 Å². The van der Waals surface area contributed by atoms with Crippen LogP contribution >= 0.6 is 0 Å². The summed E-state index contributed by atoms with van der Waals surface area (Å²) in [6.45, 7) is 16.6. The Morgan fingerprint density at radius 1 is 0.896 bits per heavy atom. The zero-order chi connectivity index (χ0) is 34.4. The van der Waals surface area contributed by atoms with Crippen molar-refractivity contribution in [3.8, 4) is 0 Å². The summed E-state index contributed by atoms with van der Waals surface area (Å²) in [5.41, 5.74) is 0.486. The minimum Gasteiger partial charge on any atom is -0.481 e. The largest absolute Gasteiger partial charge is 0.481 e. The quantitative estimate of drug-likeness (QED) is 0.300. The summed E-state index contributed by atoms with van der Waals surface area (Å²) in [6, 6.07) is 0. The molecule has 0 aromatic carbocycles. The van der Waals surface area contributed by atoms with E-state index in [1.54, 1.807) is 0 Å². The van der Waals surface area contributed by atoms with Gasteiger partial charge >= 0.3 is 11.9 Å². The van der Waals surface area contributed by atoms with Gasteiger partial charge in [0.15, 0.2) is 5.78 Å². The number of methoxy groups -OCH3 is 1. The van der Waals surface area contributed by atoms with Crippen LogP contribution in [0.5, 0.6) is 0 Å². The molecule has 266 valence electrons. The van der Waals surface area contributed by atoms with E-state index in [2.05, 4.69) is 54.5 Å². The average molecular weight is 665 g/mol. The molecule has 2 saturated heterocycles. The Morgan fingerprint density at radius 2 is 1.60 bits per heavy atom. The maximum Gasteiger partial charge on any atom is 0.311 e. The molecular formula is C41H60O7. The molecule has 13 unspecified atom stereocenters. The first-order valence-electron chi connectivity index (χ1n) is 19.3. The highest BCUT2D eigenvalue weighted by Gasteiger charge is 2.71. The normalized spacial score (nSPS) is 54.7. The number of ketones is 1. The van der Waals surface area contributed by atoms with Gasteiger partial charge in [0.25, 0.3) is 0 Å². The minimum absolute atomic E-state index is 0.0335. The third kappa shape index (κ3) is 4.27. The second kappa shape index (κ2) is 10.4. The Bertz CT molecular complexity index is 1450. The van der Waals surface area contributed by atoms with Crippen LogP contribution in [0.4, 0.5) is 0 Å². The fourth-order valence-electron chi connectivity index (χ4n) is 14.4. The number of allylic oxidation sites excluding steroid dienone is 2. The summed E-state index contributed by atoms with van der Waals surface area (Å²) < 4.78 is 18.4. The molecular weight excluding hydrogens is 604 g/mol. The van der Waals surface area contributed by atoms with Gasteiger partial charge in [-0.05, 0) is 135 Å². The van der Waals surface area contributed by atoms with E-state index in [-0.39, 0.29) is 81.1 Å². The molecule has 5 saturated carbocycles. The molecule has 2 heterocycles. The Labute approximate surface area is 287 Å². The molecule has 7 fully saturated rings. The molecule has 7 heteroatoms. The van der Waals surface area contributed by atoms with Crippen LogP contribution in [0.3, 0.4) is 0 Å². The van der Waals surface area contributed by atoms with Crippen LogP contribution in [0.2, 0.25) is 0 Å². The van der Waals surface area contributed by atoms with Crippen LogP contribution < -0.4 is 0 Å². The van der Waals surface area contributed by atoms with Crippen molar-refractivity contribution in [3.05, 3.63) is 11.6 Å². The van der Waals surface area contributed by atoms with Gasteiger partial charge < -0.3 is 19.3 Å². The van der Waals surface area contributed by atoms with Gasteiger partial charge in [0.1, 0.15) is 0 Å². The molecule has 2 bridgehead atoms. The van der Waals surface area contributed by atoms with Gasteiger partial charge in [-0.3, -0.25) is 14.4 Å². The zero-order valence-corrected chi connectivity index (χ0v) is 30.7. The third-order valence-corrected chi connectivity index (χ3v) is 17.4. The van der Waals surface area contributed by atoms with Crippen LogP contribution in [0.25, 0.3) is 0 Å². The first-order chi connectivity index (χ1) is 22.4. The number of rotatable bonds is 5. The van der Waals surface area contributed by atoms with E-state index in [9.17, 15) is 19.5 Å². The average Bonchev–Trinajstić information content (AvgIpc) is 3.45. The first kappa shape index (κ1) is 33.4. The highest BCUT2D eigenvalue weighted by atomic mass is 16.5. The Morgan fingerprint density at radius 3 is 2.31 bits per heavy atom. The Balaban J connectivity index is 1.05. The number of carbonyl (C=O) groups is 3. The van der Waals surface area contributed by atoms with Crippen molar-refractivity contribution in [2.75, 3.05) is 7.11 Å². The lowest BCUT2D eigenvalue weighted by molar-refractivity contribution is -0.212. The van der Waals surface area contributed by atoms with Crippen molar-refractivity contribution >= 4 is 17.7 Å². The number of aliphatic carboxylic acids is 1. The smallest absolute Gasteiger partial charge is 0.311 e. The summed E-state index contributed by atoms with van der Waals surface area (Å²) in [7, 11) is 1.51. The van der Waals surface area contributed by atoms with E-state index in [1.807, 2.05) is 0 Å². The molecule has 2 aliphatic heterocycles. The number of carboxylic acid groups (broad SMARTS) is 1. The van der Waals surface area contributed by atoms with Gasteiger partial charge in [-0.1, -0.05) is 47.1 Å². The Hall–Kier alpha value is -1.73. The maximum absolute atomic E-state index is 14.8. The van der Waals surface area contributed by atoms with E-state index < -0.39 is 17.3 Å². The minimum atomic E-state index is -0.705. The molecule has 7 nitrogen and oxygen atoms in total. The zero-order valence-electron chi connectivity index (χ0n) is 30.7. The number of carboxylic acids is 1. The summed E-state index contributed by atoms with van der Waals surface area (Å²) >= 11 is 0. The summed E-state index contributed by atoms with van der Waals surface area (Å²) in [5, 5.41) is 10.0. The predicted octanol–water partition coefficient (Wildman–Crippen LogP) is 7.79. The standard InChI is InChI=1S/C41H60O7/c1-36(2)29-11-14-41(7)33(25(42)20-23-24-21-38(4,35(45)46-8)16-15-37(24,3)17-18-40(23,41)6)39(29,5)13-12-30(36)48-28-19-22(28)31-26-9-10-27(47-26)32(31)34(43)44/h20,22,24,26-33H,9-19,21H2,1-8H3,(H,43,44)/t22?,24-,26-,27?,28?,29?,30?,31?,32?,33?,37?,38?,39?,40?,41?/m1/s1. The summed E-state index contributed by atoms with van der Waals surface area (Å²) in [5.74, 6) is 0.0186. The molecule has 0 aromatic heterocycles. The van der Waals surface area contributed by atoms with Crippen molar-refractivity contribution in [1.82, 2.24) is 0 Å². The van der Waals surface area contributed by atoms with Crippen molar-refractivity contribution < 1.29 is 33.7 Å². The van der Waals surface area contributed by atoms with Crippen molar-refractivity contribution in [3.63, 3.8) is 0 Å². The number of ether oxygens (including phenoxy) is 3. The molecule has 0 aromatic rings. The van der Waals surface area contributed by atoms with Gasteiger partial charge in [0.2, 0.25) is 0 Å². The molecule has 1 N–H and O–H groups in total. The number of esters is 1. The molecule has 6 aliphatic carbocycles. The third-order valence-electron chi connectivity index (χ3n) is 17.4. The van der Waals surface area contributed by atoms with Crippen LogP contribution in [0.1, 0.15) is 126 Å². The maximum atomic E-state index is 14.8. The second-order valence-electron chi connectivity index (χ2n) is 19.9. The van der Waals surface area contributed by atoms with Gasteiger partial charge in [-0.2, -0.15) is 0 Å². The van der Waals surface area contributed by atoms with E-state index in [1.165, 1.54) is 12.7 Å². The monoisotopic (exact) mass is 664 g/mol. The lowest BCUT2D eigenvalue weighted by Crippen LogP contribution is -2.66. The number of fused-ring (bicyclic) bond motifs is 9. The summed E-state index contributed by atoms with van der Waals surface area (Å²) in [4.78, 5) is 40.0. The number of hydrogen-bond donors (Lipinski definition) is 1. The van der Waals surface area contributed by atoms with Gasteiger partial charge in [0, 0.05) is 11.8 Å². The molecule has 0 amide bonds. The molecule has 48 heavy (non-hydrogen) atoms. The predicted molar refractivity (Wildman–Crippen MR) is 181 cm³/mol. The topological polar surface area (TPSA) is 99.1 Å². The van der Waals surface area contributed by atoms with Crippen molar-refractivity contribution in [2.24, 2.45) is 68.0 Å². The Kier molecular flexibility index (Phi) is 7.25. The fraction of sp³-hybridized carbons (Fsp3) is 0.878. The number of hydrogen-bond acceptors (Lipinski definition) is 6. The van der Waals surface area contributed by atoms with Gasteiger partial charge in [-0.25, -0.2) is 0 Å². The highest BCUT2D eigenvalue weighted by Crippen LogP contribution is 2.75. The molecule has 8 aliphatic rings.